The lowest BCUT2D eigenvalue weighted by molar-refractivity contribution is 0.0659. The van der Waals surface area contributed by atoms with Crippen molar-refractivity contribution in [1.82, 2.24) is 14.8 Å². The fraction of sp³-hybridized carbons (Fsp3) is 0.462. The molecule has 0 saturated heterocycles. The molecule has 0 amide bonds. The topological polar surface area (TPSA) is 81.2 Å². The maximum absolute atomic E-state index is 11.2. The Morgan fingerprint density at radius 2 is 2.05 bits per heavy atom. The molecule has 102 valence electrons. The molecule has 2 heterocycles. The Balaban J connectivity index is 2.62. The van der Waals surface area contributed by atoms with Crippen LogP contribution in [0.25, 0.3) is 11.5 Å². The van der Waals surface area contributed by atoms with Gasteiger partial charge in [-0.15, -0.1) is 0 Å². The SMILES string of the molecule is Cc1c(-c2nc(C(C)(C)C)c(C(=O)O)o2)cnn1C. The summed E-state index contributed by atoms with van der Waals surface area (Å²) in [5.74, 6) is -0.913. The summed E-state index contributed by atoms with van der Waals surface area (Å²) in [6, 6.07) is 0. The van der Waals surface area contributed by atoms with Crippen LogP contribution in [-0.4, -0.2) is 25.8 Å². The molecule has 0 saturated carbocycles. The van der Waals surface area contributed by atoms with Crippen molar-refractivity contribution in [2.75, 3.05) is 0 Å². The number of aromatic carboxylic acids is 1. The molecule has 0 spiro atoms. The fourth-order valence-electron chi connectivity index (χ4n) is 1.80. The van der Waals surface area contributed by atoms with E-state index in [0.717, 1.165) is 5.69 Å². The van der Waals surface area contributed by atoms with E-state index in [4.69, 9.17) is 4.42 Å². The second kappa shape index (κ2) is 4.22. The maximum Gasteiger partial charge on any atom is 0.373 e. The summed E-state index contributed by atoms with van der Waals surface area (Å²) >= 11 is 0. The van der Waals surface area contributed by atoms with Crippen molar-refractivity contribution in [1.29, 1.82) is 0 Å². The lowest BCUT2D eigenvalue weighted by Crippen LogP contribution is -2.16. The number of oxazole rings is 1. The van der Waals surface area contributed by atoms with E-state index in [2.05, 4.69) is 10.1 Å². The average Bonchev–Trinajstić information content (AvgIpc) is 2.84. The van der Waals surface area contributed by atoms with E-state index in [1.807, 2.05) is 34.7 Å². The third-order valence-electron chi connectivity index (χ3n) is 3.00. The van der Waals surface area contributed by atoms with Gasteiger partial charge >= 0.3 is 5.97 Å². The molecule has 1 N–H and O–H groups in total. The molecule has 0 aliphatic carbocycles. The van der Waals surface area contributed by atoms with Gasteiger partial charge in [0.15, 0.2) is 0 Å². The van der Waals surface area contributed by atoms with E-state index < -0.39 is 11.4 Å². The number of hydrogen-bond acceptors (Lipinski definition) is 4. The van der Waals surface area contributed by atoms with Gasteiger partial charge in [-0.1, -0.05) is 20.8 Å². The Hall–Kier alpha value is -2.11. The fourth-order valence-corrected chi connectivity index (χ4v) is 1.80. The highest BCUT2D eigenvalue weighted by atomic mass is 16.4. The molecule has 2 aromatic heterocycles. The molecule has 0 bridgehead atoms. The van der Waals surface area contributed by atoms with Gasteiger partial charge in [0.1, 0.15) is 5.69 Å². The van der Waals surface area contributed by atoms with Gasteiger partial charge < -0.3 is 9.52 Å². The number of aryl methyl sites for hydroxylation is 1. The van der Waals surface area contributed by atoms with E-state index in [1.165, 1.54) is 0 Å². The minimum atomic E-state index is -1.11. The summed E-state index contributed by atoms with van der Waals surface area (Å²) in [6.07, 6.45) is 1.62. The largest absolute Gasteiger partial charge is 0.475 e. The lowest BCUT2D eigenvalue weighted by Gasteiger charge is -2.14. The predicted molar refractivity (Wildman–Crippen MR) is 69.1 cm³/mol. The molecule has 0 aliphatic heterocycles. The molecule has 0 radical (unpaired) electrons. The molecule has 2 rings (SSSR count). The maximum atomic E-state index is 11.2. The highest BCUT2D eigenvalue weighted by molar-refractivity contribution is 5.86. The quantitative estimate of drug-likeness (QED) is 0.899. The Morgan fingerprint density at radius 3 is 2.42 bits per heavy atom. The van der Waals surface area contributed by atoms with Crippen LogP contribution in [0, 0.1) is 6.92 Å². The number of carboxylic acids is 1. The molecule has 6 nitrogen and oxygen atoms in total. The monoisotopic (exact) mass is 263 g/mol. The second-order valence-electron chi connectivity index (χ2n) is 5.52. The number of rotatable bonds is 2. The van der Waals surface area contributed by atoms with E-state index in [9.17, 15) is 9.90 Å². The van der Waals surface area contributed by atoms with Crippen molar-refractivity contribution in [3.8, 4) is 11.5 Å². The van der Waals surface area contributed by atoms with Crippen molar-refractivity contribution >= 4 is 5.97 Å². The van der Waals surface area contributed by atoms with Crippen LogP contribution in [-0.2, 0) is 12.5 Å². The van der Waals surface area contributed by atoms with Crippen LogP contribution in [0.3, 0.4) is 0 Å². The van der Waals surface area contributed by atoms with Crippen LogP contribution >= 0.6 is 0 Å². The summed E-state index contributed by atoms with van der Waals surface area (Å²) < 4.78 is 7.11. The molecule has 0 atom stereocenters. The first-order valence-electron chi connectivity index (χ1n) is 5.95. The zero-order chi connectivity index (χ0) is 14.4. The van der Waals surface area contributed by atoms with Gasteiger partial charge in [-0.3, -0.25) is 4.68 Å². The number of carboxylic acid groups (broad SMARTS) is 1. The second-order valence-corrected chi connectivity index (χ2v) is 5.52. The molecule has 19 heavy (non-hydrogen) atoms. The number of aromatic nitrogens is 3. The molecule has 6 heteroatoms. The molecule has 2 aromatic rings. The number of nitrogens with zero attached hydrogens (tertiary/aromatic N) is 3. The van der Waals surface area contributed by atoms with Gasteiger partial charge in [-0.25, -0.2) is 9.78 Å². The summed E-state index contributed by atoms with van der Waals surface area (Å²) in [4.78, 5) is 15.6. The van der Waals surface area contributed by atoms with E-state index in [1.54, 1.807) is 10.9 Å². The van der Waals surface area contributed by atoms with Crippen LogP contribution in [0.15, 0.2) is 10.6 Å². The number of carbonyl (C=O) groups is 1. The Kier molecular flexibility index (Phi) is 2.96. The van der Waals surface area contributed by atoms with Crippen LogP contribution in [0.5, 0.6) is 0 Å². The molecule has 0 unspecified atom stereocenters. The summed E-state index contributed by atoms with van der Waals surface area (Å²) in [5, 5.41) is 13.3. The molecule has 0 fully saturated rings. The first-order valence-corrected chi connectivity index (χ1v) is 5.95. The molecule has 0 aromatic carbocycles. The Labute approximate surface area is 111 Å². The van der Waals surface area contributed by atoms with E-state index in [0.29, 0.717) is 17.1 Å². The van der Waals surface area contributed by atoms with Crippen LogP contribution in [0.4, 0.5) is 0 Å². The van der Waals surface area contributed by atoms with Gasteiger partial charge in [0.25, 0.3) is 0 Å². The lowest BCUT2D eigenvalue weighted by atomic mass is 9.91. The van der Waals surface area contributed by atoms with Crippen molar-refractivity contribution in [2.45, 2.75) is 33.1 Å². The third kappa shape index (κ3) is 2.25. The summed E-state index contributed by atoms with van der Waals surface area (Å²) in [7, 11) is 1.81. The smallest absolute Gasteiger partial charge is 0.373 e. The number of hydrogen-bond donors (Lipinski definition) is 1. The first-order chi connectivity index (χ1) is 8.71. The normalized spacial score (nSPS) is 11.8. The van der Waals surface area contributed by atoms with Gasteiger partial charge in [0.05, 0.1) is 11.8 Å². The van der Waals surface area contributed by atoms with E-state index in [-0.39, 0.29) is 5.76 Å². The van der Waals surface area contributed by atoms with Crippen molar-refractivity contribution in [3.05, 3.63) is 23.3 Å². The van der Waals surface area contributed by atoms with Gasteiger partial charge in [0.2, 0.25) is 11.7 Å². The first kappa shape index (κ1) is 13.3. The average molecular weight is 263 g/mol. The highest BCUT2D eigenvalue weighted by Gasteiger charge is 2.29. The molecular weight excluding hydrogens is 246 g/mol. The predicted octanol–water partition coefficient (Wildman–Crippen LogP) is 2.38. The third-order valence-corrected chi connectivity index (χ3v) is 3.00. The molecular formula is C13H17N3O3. The molecule has 0 aliphatic rings. The van der Waals surface area contributed by atoms with E-state index >= 15 is 0 Å². The van der Waals surface area contributed by atoms with Gasteiger partial charge in [0, 0.05) is 18.2 Å². The van der Waals surface area contributed by atoms with Crippen molar-refractivity contribution < 1.29 is 14.3 Å². The van der Waals surface area contributed by atoms with Crippen molar-refractivity contribution in [3.63, 3.8) is 0 Å². The zero-order valence-electron chi connectivity index (χ0n) is 11.7. The summed E-state index contributed by atoms with van der Waals surface area (Å²) in [5.41, 5.74) is 1.63. The van der Waals surface area contributed by atoms with Crippen molar-refractivity contribution in [2.24, 2.45) is 7.05 Å². The van der Waals surface area contributed by atoms with Crippen LogP contribution in [0.1, 0.15) is 42.7 Å². The highest BCUT2D eigenvalue weighted by Crippen LogP contribution is 2.31. The minimum absolute atomic E-state index is 0.106. The minimum Gasteiger partial charge on any atom is -0.475 e. The Morgan fingerprint density at radius 1 is 1.42 bits per heavy atom. The summed E-state index contributed by atoms with van der Waals surface area (Å²) in [6.45, 7) is 7.58. The Bertz CT molecular complexity index is 632. The standard InChI is InChI=1S/C13H17N3O3/c1-7-8(6-14-16(7)5)11-15-10(13(2,3)4)9(19-11)12(17)18/h6H,1-5H3,(H,17,18). The van der Waals surface area contributed by atoms with Gasteiger partial charge in [-0.05, 0) is 6.92 Å². The van der Waals surface area contributed by atoms with Crippen LogP contribution in [0.2, 0.25) is 0 Å². The van der Waals surface area contributed by atoms with Gasteiger partial charge in [-0.2, -0.15) is 5.10 Å². The van der Waals surface area contributed by atoms with Crippen LogP contribution < -0.4 is 0 Å². The zero-order valence-corrected chi connectivity index (χ0v) is 11.7.